The first-order valence-corrected chi connectivity index (χ1v) is 6.85. The molecule has 0 saturated carbocycles. The molecule has 1 saturated heterocycles. The number of likely N-dealkylation sites (tertiary alicyclic amines) is 1. The zero-order valence-electron chi connectivity index (χ0n) is 12.1. The Balaban J connectivity index is 2.72. The number of carbonyl (C=O) groups is 3. The lowest BCUT2D eigenvalue weighted by Gasteiger charge is -2.28. The maximum Gasteiger partial charge on any atom is 0.325 e. The van der Waals surface area contributed by atoms with Crippen molar-refractivity contribution in [3.05, 3.63) is 0 Å². The summed E-state index contributed by atoms with van der Waals surface area (Å²) < 4.78 is 0. The van der Waals surface area contributed by atoms with Gasteiger partial charge < -0.3 is 21.1 Å². The molecular weight excluding hydrogens is 262 g/mol. The first-order valence-electron chi connectivity index (χ1n) is 6.85. The van der Waals surface area contributed by atoms with Gasteiger partial charge in [0, 0.05) is 6.54 Å². The predicted molar refractivity (Wildman–Crippen MR) is 72.8 cm³/mol. The molecule has 4 N–H and O–H groups in total. The fraction of sp³-hybridized carbons (Fsp3) is 0.769. The van der Waals surface area contributed by atoms with Crippen LogP contribution in [0.2, 0.25) is 0 Å². The summed E-state index contributed by atoms with van der Waals surface area (Å²) in [6, 6.07) is -2.23. The third-order valence-corrected chi connectivity index (χ3v) is 3.57. The third kappa shape index (κ3) is 3.69. The van der Waals surface area contributed by atoms with E-state index >= 15 is 0 Å². The summed E-state index contributed by atoms with van der Waals surface area (Å²) in [5.41, 5.74) is 5.83. The average molecular weight is 285 g/mol. The van der Waals surface area contributed by atoms with Gasteiger partial charge in [-0.3, -0.25) is 14.4 Å². The van der Waals surface area contributed by atoms with Gasteiger partial charge in [0.1, 0.15) is 12.1 Å². The zero-order valence-corrected chi connectivity index (χ0v) is 12.1. The number of aliphatic carboxylic acids is 1. The minimum Gasteiger partial charge on any atom is -0.480 e. The van der Waals surface area contributed by atoms with E-state index in [1.807, 2.05) is 13.8 Å². The molecule has 0 aliphatic carbocycles. The summed E-state index contributed by atoms with van der Waals surface area (Å²) >= 11 is 0. The second kappa shape index (κ2) is 6.69. The predicted octanol–water partition coefficient (Wildman–Crippen LogP) is -0.450. The van der Waals surface area contributed by atoms with E-state index in [-0.39, 0.29) is 11.8 Å². The van der Waals surface area contributed by atoms with Crippen molar-refractivity contribution in [2.75, 3.05) is 6.54 Å². The van der Waals surface area contributed by atoms with Gasteiger partial charge in [0.25, 0.3) is 0 Å². The van der Waals surface area contributed by atoms with Gasteiger partial charge in [-0.1, -0.05) is 13.8 Å². The minimum absolute atomic E-state index is 0.00949. The van der Waals surface area contributed by atoms with E-state index in [1.54, 1.807) is 0 Å². The van der Waals surface area contributed by atoms with E-state index in [0.29, 0.717) is 13.0 Å². The van der Waals surface area contributed by atoms with Crippen LogP contribution < -0.4 is 11.1 Å². The summed E-state index contributed by atoms with van der Waals surface area (Å²) in [7, 11) is 0. The smallest absolute Gasteiger partial charge is 0.325 e. The van der Waals surface area contributed by atoms with Gasteiger partial charge >= 0.3 is 5.97 Å². The van der Waals surface area contributed by atoms with Crippen molar-refractivity contribution in [3.8, 4) is 0 Å². The molecule has 7 heteroatoms. The van der Waals surface area contributed by atoms with E-state index < -0.39 is 30.0 Å². The summed E-state index contributed by atoms with van der Waals surface area (Å²) in [6.45, 7) is 5.57. The van der Waals surface area contributed by atoms with Crippen LogP contribution >= 0.6 is 0 Å². The standard InChI is InChI=1S/C13H23N3O4/c1-7(2)10(14)12(18)16-6-4-5-9(16)11(17)15-8(3)13(19)20/h7-10H,4-6,14H2,1-3H3,(H,15,17)(H,19,20). The van der Waals surface area contributed by atoms with E-state index in [0.717, 1.165) is 6.42 Å². The van der Waals surface area contributed by atoms with E-state index in [2.05, 4.69) is 5.32 Å². The van der Waals surface area contributed by atoms with Gasteiger partial charge in [-0.2, -0.15) is 0 Å². The summed E-state index contributed by atoms with van der Waals surface area (Å²) in [5, 5.41) is 11.2. The highest BCUT2D eigenvalue weighted by atomic mass is 16.4. The topological polar surface area (TPSA) is 113 Å². The first-order chi connectivity index (χ1) is 9.25. The second-order valence-electron chi connectivity index (χ2n) is 5.53. The summed E-state index contributed by atoms with van der Waals surface area (Å²) in [6.07, 6.45) is 1.25. The SMILES string of the molecule is CC(NC(=O)C1CCCN1C(=O)C(N)C(C)C)C(=O)O. The Morgan fingerprint density at radius 1 is 1.30 bits per heavy atom. The van der Waals surface area contributed by atoms with Crippen LogP contribution in [-0.4, -0.2) is 52.5 Å². The molecule has 0 aromatic carbocycles. The Kier molecular flexibility index (Phi) is 5.50. The second-order valence-corrected chi connectivity index (χ2v) is 5.53. The molecule has 0 aromatic rings. The Labute approximate surface area is 118 Å². The molecule has 1 fully saturated rings. The van der Waals surface area contributed by atoms with Crippen LogP contribution in [0.5, 0.6) is 0 Å². The molecule has 1 aliphatic rings. The fourth-order valence-corrected chi connectivity index (χ4v) is 2.15. The fourth-order valence-electron chi connectivity index (χ4n) is 2.15. The Hall–Kier alpha value is -1.63. The van der Waals surface area contributed by atoms with Crippen LogP contribution in [0.4, 0.5) is 0 Å². The largest absolute Gasteiger partial charge is 0.480 e. The molecule has 0 spiro atoms. The summed E-state index contributed by atoms with van der Waals surface area (Å²) in [5.74, 6) is -1.79. The van der Waals surface area contributed by atoms with Gasteiger partial charge in [-0.05, 0) is 25.7 Å². The molecule has 20 heavy (non-hydrogen) atoms. The average Bonchev–Trinajstić information content (AvgIpc) is 2.85. The molecular formula is C13H23N3O4. The number of carboxylic acids is 1. The molecule has 3 unspecified atom stereocenters. The molecule has 1 rings (SSSR count). The van der Waals surface area contributed by atoms with Crippen LogP contribution in [0.25, 0.3) is 0 Å². The summed E-state index contributed by atoms with van der Waals surface area (Å²) in [4.78, 5) is 36.5. The monoisotopic (exact) mass is 285 g/mol. The van der Waals surface area contributed by atoms with Crippen molar-refractivity contribution < 1.29 is 19.5 Å². The molecule has 2 amide bonds. The molecule has 1 heterocycles. The van der Waals surface area contributed by atoms with Crippen LogP contribution in [0.3, 0.4) is 0 Å². The van der Waals surface area contributed by atoms with Crippen LogP contribution in [0.1, 0.15) is 33.6 Å². The number of carbonyl (C=O) groups excluding carboxylic acids is 2. The maximum atomic E-state index is 12.2. The third-order valence-electron chi connectivity index (χ3n) is 3.57. The molecule has 0 radical (unpaired) electrons. The van der Waals surface area contributed by atoms with Gasteiger partial charge in [-0.25, -0.2) is 0 Å². The Morgan fingerprint density at radius 2 is 1.90 bits per heavy atom. The van der Waals surface area contributed by atoms with Crippen molar-refractivity contribution in [1.29, 1.82) is 0 Å². The van der Waals surface area contributed by atoms with Crippen LogP contribution in [0, 0.1) is 5.92 Å². The van der Waals surface area contributed by atoms with Gasteiger partial charge in [0.2, 0.25) is 11.8 Å². The lowest BCUT2D eigenvalue weighted by Crippen LogP contribution is -2.54. The Bertz CT molecular complexity index is 397. The number of rotatable bonds is 5. The van der Waals surface area contributed by atoms with E-state index in [1.165, 1.54) is 11.8 Å². The maximum absolute atomic E-state index is 12.2. The molecule has 1 aliphatic heterocycles. The minimum atomic E-state index is -1.10. The highest BCUT2D eigenvalue weighted by Crippen LogP contribution is 2.19. The first kappa shape index (κ1) is 16.4. The van der Waals surface area contributed by atoms with E-state index in [9.17, 15) is 14.4 Å². The number of hydrogen-bond donors (Lipinski definition) is 3. The molecule has 3 atom stereocenters. The number of nitrogens with zero attached hydrogens (tertiary/aromatic N) is 1. The van der Waals surface area contributed by atoms with Crippen molar-refractivity contribution in [2.45, 2.75) is 51.7 Å². The van der Waals surface area contributed by atoms with Crippen molar-refractivity contribution >= 4 is 17.8 Å². The number of carboxylic acid groups (broad SMARTS) is 1. The van der Waals surface area contributed by atoms with Crippen LogP contribution in [0.15, 0.2) is 0 Å². The Morgan fingerprint density at radius 3 is 2.40 bits per heavy atom. The van der Waals surface area contributed by atoms with Gasteiger partial charge in [-0.15, -0.1) is 0 Å². The highest BCUT2D eigenvalue weighted by molar-refractivity contribution is 5.92. The molecule has 0 bridgehead atoms. The van der Waals surface area contributed by atoms with Crippen molar-refractivity contribution in [2.24, 2.45) is 11.7 Å². The zero-order chi connectivity index (χ0) is 15.4. The quantitative estimate of drug-likeness (QED) is 0.633. The lowest BCUT2D eigenvalue weighted by atomic mass is 10.0. The molecule has 114 valence electrons. The van der Waals surface area contributed by atoms with Gasteiger partial charge in [0.15, 0.2) is 0 Å². The molecule has 0 aromatic heterocycles. The van der Waals surface area contributed by atoms with Crippen molar-refractivity contribution in [1.82, 2.24) is 10.2 Å². The number of nitrogens with two attached hydrogens (primary N) is 1. The van der Waals surface area contributed by atoms with Crippen molar-refractivity contribution in [3.63, 3.8) is 0 Å². The van der Waals surface area contributed by atoms with Crippen LogP contribution in [-0.2, 0) is 14.4 Å². The van der Waals surface area contributed by atoms with E-state index in [4.69, 9.17) is 10.8 Å². The van der Waals surface area contributed by atoms with Gasteiger partial charge in [0.05, 0.1) is 6.04 Å². The number of nitrogens with one attached hydrogen (secondary N) is 1. The molecule has 7 nitrogen and oxygen atoms in total. The lowest BCUT2D eigenvalue weighted by molar-refractivity contribution is -0.143. The number of amides is 2. The normalized spacial score (nSPS) is 21.6. The number of hydrogen-bond acceptors (Lipinski definition) is 4. The highest BCUT2D eigenvalue weighted by Gasteiger charge is 2.37.